The summed E-state index contributed by atoms with van der Waals surface area (Å²) in [6.45, 7) is 0. The van der Waals surface area contributed by atoms with Gasteiger partial charge in [0.15, 0.2) is 6.29 Å². The molecule has 1 aliphatic heterocycles. The third-order valence-electron chi connectivity index (χ3n) is 2.20. The molecule has 15 heavy (non-hydrogen) atoms. The molecule has 1 aromatic carbocycles. The Bertz CT molecular complexity index is 534. The molecule has 4 nitrogen and oxygen atoms in total. The van der Waals surface area contributed by atoms with Gasteiger partial charge in [-0.15, -0.1) is 0 Å². The molecule has 76 valence electrons. The van der Waals surface area contributed by atoms with E-state index in [2.05, 4.69) is 5.43 Å². The highest BCUT2D eigenvalue weighted by Crippen LogP contribution is 1.93. The van der Waals surface area contributed by atoms with Gasteiger partial charge in [-0.1, -0.05) is 24.3 Å². The number of ketones is 1. The highest BCUT2D eigenvalue weighted by Gasteiger charge is 2.13. The average Bonchev–Trinajstić information content (AvgIpc) is 2.26. The number of nitrogens with one attached hydrogen (secondary N) is 1. The Labute approximate surface area is 86.5 Å². The summed E-state index contributed by atoms with van der Waals surface area (Å²) in [5, 5.41) is 3.33. The van der Waals surface area contributed by atoms with E-state index in [1.807, 2.05) is 30.5 Å². The summed E-state index contributed by atoms with van der Waals surface area (Å²) in [6, 6.07) is 7.42. The monoisotopic (exact) mass is 202 g/mol. The van der Waals surface area contributed by atoms with Crippen LogP contribution in [0.25, 0.3) is 11.9 Å². The molecule has 4 heteroatoms. The second-order valence-electron chi connectivity index (χ2n) is 3.30. The summed E-state index contributed by atoms with van der Waals surface area (Å²) in [4.78, 5) is 21.8. The van der Waals surface area contributed by atoms with Gasteiger partial charge in [-0.25, -0.2) is 0 Å². The van der Waals surface area contributed by atoms with E-state index in [1.54, 1.807) is 12.1 Å². The molecule has 2 rings (SSSR count). The molecule has 1 aliphatic rings. The van der Waals surface area contributed by atoms with Crippen molar-refractivity contribution in [2.24, 2.45) is 0 Å². The van der Waals surface area contributed by atoms with Gasteiger partial charge in [-0.05, 0) is 0 Å². The first-order valence-electron chi connectivity index (χ1n) is 4.52. The van der Waals surface area contributed by atoms with Crippen LogP contribution in [0, 0.1) is 0 Å². The predicted molar refractivity (Wildman–Crippen MR) is 55.5 cm³/mol. The van der Waals surface area contributed by atoms with Crippen LogP contribution in [0.4, 0.5) is 0 Å². The van der Waals surface area contributed by atoms with Gasteiger partial charge in [-0.2, -0.15) is 0 Å². The maximum atomic E-state index is 11.4. The molecule has 0 saturated heterocycles. The molecule has 0 amide bonds. The van der Waals surface area contributed by atoms with Crippen LogP contribution < -0.4 is 15.9 Å². The van der Waals surface area contributed by atoms with Crippen LogP contribution in [0.1, 0.15) is 0 Å². The minimum absolute atomic E-state index is 0.318. The Morgan fingerprint density at radius 1 is 1.40 bits per heavy atom. The fourth-order valence-electron chi connectivity index (χ4n) is 1.56. The first kappa shape index (κ1) is 9.45. The highest BCUT2D eigenvalue weighted by atomic mass is 16.2. The summed E-state index contributed by atoms with van der Waals surface area (Å²) in [5.41, 5.74) is 3.16. The molecule has 0 unspecified atom stereocenters. The zero-order valence-electron chi connectivity index (χ0n) is 8.23. The summed E-state index contributed by atoms with van der Waals surface area (Å²) < 4.78 is 0. The molecule has 0 fully saturated rings. The maximum absolute atomic E-state index is 11.4. The summed E-state index contributed by atoms with van der Waals surface area (Å²) in [6.07, 6.45) is 2.18. The van der Waals surface area contributed by atoms with Gasteiger partial charge in [0.25, 0.3) is 0 Å². The number of Topliss-reactive ketones (excluding diaryl/α,β-unsaturated/α-hetero) is 1. The Morgan fingerprint density at radius 3 is 2.87 bits per heavy atom. The smallest absolute Gasteiger partial charge is 0.243 e. The molecule has 1 N–H and O–H groups in total. The average molecular weight is 202 g/mol. The van der Waals surface area contributed by atoms with Crippen molar-refractivity contribution >= 4 is 24.0 Å². The lowest BCUT2D eigenvalue weighted by Crippen LogP contribution is -2.46. The van der Waals surface area contributed by atoms with E-state index in [9.17, 15) is 9.59 Å². The number of benzene rings is 1. The first-order valence-corrected chi connectivity index (χ1v) is 4.52. The fourth-order valence-corrected chi connectivity index (χ4v) is 1.56. The van der Waals surface area contributed by atoms with Crippen molar-refractivity contribution in [2.45, 2.75) is 0 Å². The summed E-state index contributed by atoms with van der Waals surface area (Å²) in [7, 11) is 1.77. The van der Waals surface area contributed by atoms with Crippen LogP contribution in [0.15, 0.2) is 24.3 Å². The van der Waals surface area contributed by atoms with Crippen LogP contribution in [0.3, 0.4) is 0 Å². The predicted octanol–water partition coefficient (Wildman–Crippen LogP) is -1.25. The molecule has 0 bridgehead atoms. The number of hydrazine groups is 1. The zero-order chi connectivity index (χ0) is 10.8. The zero-order valence-corrected chi connectivity index (χ0v) is 8.23. The van der Waals surface area contributed by atoms with Gasteiger partial charge in [-0.3, -0.25) is 20.0 Å². The molecule has 0 radical (unpaired) electrons. The summed E-state index contributed by atoms with van der Waals surface area (Å²) >= 11 is 0. The quantitative estimate of drug-likeness (QED) is 0.481. The molecule has 0 aromatic heterocycles. The Morgan fingerprint density at radius 2 is 2.13 bits per heavy atom. The molecular formula is C11H10N2O2. The molecular weight excluding hydrogens is 192 g/mol. The number of carbonyl (C=O) groups is 2. The minimum atomic E-state index is -0.539. The SMILES string of the molecule is CN1C=c2ccccc2=C(C(=O)C=O)N1. The lowest BCUT2D eigenvalue weighted by atomic mass is 10.1. The van der Waals surface area contributed by atoms with E-state index in [0.717, 1.165) is 10.4 Å². The van der Waals surface area contributed by atoms with E-state index in [1.165, 1.54) is 0 Å². The second-order valence-corrected chi connectivity index (χ2v) is 3.30. The molecule has 0 aliphatic carbocycles. The molecule has 0 saturated carbocycles. The number of hydrogen-bond acceptors (Lipinski definition) is 4. The number of aldehydes is 1. The van der Waals surface area contributed by atoms with Crippen molar-refractivity contribution in [3.8, 4) is 0 Å². The molecule has 1 heterocycles. The van der Waals surface area contributed by atoms with Gasteiger partial charge >= 0.3 is 0 Å². The van der Waals surface area contributed by atoms with Gasteiger partial charge in [0.2, 0.25) is 5.78 Å². The van der Waals surface area contributed by atoms with Crippen molar-refractivity contribution < 1.29 is 9.59 Å². The summed E-state index contributed by atoms with van der Waals surface area (Å²) in [5.74, 6) is -0.539. The second kappa shape index (κ2) is 3.57. The number of carbonyl (C=O) groups excluding carboxylic acids is 2. The van der Waals surface area contributed by atoms with Crippen LogP contribution in [0.2, 0.25) is 0 Å². The Kier molecular flexibility index (Phi) is 2.25. The van der Waals surface area contributed by atoms with Crippen molar-refractivity contribution in [3.63, 3.8) is 0 Å². The standard InChI is InChI=1S/C11H10N2O2/c1-13-6-8-4-2-3-5-9(8)11(12-13)10(15)7-14/h2-7,12H,1H3. The lowest BCUT2D eigenvalue weighted by molar-refractivity contribution is -0.126. The third-order valence-corrected chi connectivity index (χ3v) is 2.20. The molecule has 0 atom stereocenters. The number of hydrogen-bond donors (Lipinski definition) is 1. The van der Waals surface area contributed by atoms with E-state index in [-0.39, 0.29) is 0 Å². The molecule has 0 spiro atoms. The van der Waals surface area contributed by atoms with Gasteiger partial charge in [0.05, 0.1) is 0 Å². The van der Waals surface area contributed by atoms with E-state index in [4.69, 9.17) is 0 Å². The van der Waals surface area contributed by atoms with Gasteiger partial charge in [0, 0.05) is 23.7 Å². The Hall–Kier alpha value is -2.10. The van der Waals surface area contributed by atoms with Crippen LogP contribution in [-0.2, 0) is 9.59 Å². The normalized spacial score (nSPS) is 13.7. The molecule has 1 aromatic rings. The Balaban J connectivity index is 2.77. The number of nitrogens with zero attached hydrogens (tertiary/aromatic N) is 1. The first-order chi connectivity index (χ1) is 7.22. The van der Waals surface area contributed by atoms with Crippen LogP contribution in [0.5, 0.6) is 0 Å². The van der Waals surface area contributed by atoms with E-state index in [0.29, 0.717) is 12.0 Å². The topological polar surface area (TPSA) is 49.4 Å². The number of rotatable bonds is 2. The number of fused-ring (bicyclic) bond motifs is 1. The van der Waals surface area contributed by atoms with Crippen molar-refractivity contribution in [1.82, 2.24) is 10.4 Å². The lowest BCUT2D eigenvalue weighted by Gasteiger charge is -2.21. The minimum Gasteiger partial charge on any atom is -0.297 e. The van der Waals surface area contributed by atoms with Gasteiger partial charge in [0.1, 0.15) is 5.70 Å². The van der Waals surface area contributed by atoms with Crippen molar-refractivity contribution in [2.75, 3.05) is 7.05 Å². The fraction of sp³-hybridized carbons (Fsp3) is 0.0909. The highest BCUT2D eigenvalue weighted by molar-refractivity contribution is 6.43. The van der Waals surface area contributed by atoms with Crippen LogP contribution >= 0.6 is 0 Å². The maximum Gasteiger partial charge on any atom is 0.243 e. The van der Waals surface area contributed by atoms with E-state index >= 15 is 0 Å². The van der Waals surface area contributed by atoms with Crippen LogP contribution in [-0.4, -0.2) is 24.1 Å². The third kappa shape index (κ3) is 1.61. The van der Waals surface area contributed by atoms with Gasteiger partial charge < -0.3 is 0 Å². The van der Waals surface area contributed by atoms with E-state index < -0.39 is 5.78 Å². The van der Waals surface area contributed by atoms with Crippen molar-refractivity contribution in [1.29, 1.82) is 0 Å². The van der Waals surface area contributed by atoms with Crippen molar-refractivity contribution in [3.05, 3.63) is 34.7 Å². The largest absolute Gasteiger partial charge is 0.297 e.